The Morgan fingerprint density at radius 2 is 2.10 bits per heavy atom. The van der Waals surface area contributed by atoms with Crippen LogP contribution in [0.3, 0.4) is 0 Å². The maximum Gasteiger partial charge on any atom is 0.234 e. The second-order valence-corrected chi connectivity index (χ2v) is 5.66. The van der Waals surface area contributed by atoms with Gasteiger partial charge in [-0.2, -0.15) is 0 Å². The Labute approximate surface area is 120 Å². The van der Waals surface area contributed by atoms with Crippen molar-refractivity contribution in [3.8, 4) is 0 Å². The third kappa shape index (κ3) is 4.30. The van der Waals surface area contributed by atoms with E-state index in [4.69, 9.17) is 0 Å². The van der Waals surface area contributed by atoms with E-state index in [1.807, 2.05) is 18.5 Å². The first-order valence-corrected chi connectivity index (χ1v) is 7.53. The van der Waals surface area contributed by atoms with Crippen molar-refractivity contribution in [1.29, 1.82) is 0 Å². The van der Waals surface area contributed by atoms with Gasteiger partial charge in [-0.05, 0) is 19.8 Å². The van der Waals surface area contributed by atoms with Gasteiger partial charge in [-0.25, -0.2) is 0 Å². The molecule has 1 atom stereocenters. The van der Waals surface area contributed by atoms with Gasteiger partial charge >= 0.3 is 0 Å². The second-order valence-electron chi connectivity index (χ2n) is 5.66. The summed E-state index contributed by atoms with van der Waals surface area (Å²) in [5, 5.41) is 14.2. The lowest BCUT2D eigenvalue weighted by molar-refractivity contribution is -0.121. The molecule has 0 spiro atoms. The van der Waals surface area contributed by atoms with E-state index >= 15 is 0 Å². The van der Waals surface area contributed by atoms with Crippen molar-refractivity contribution in [3.05, 3.63) is 12.2 Å². The van der Waals surface area contributed by atoms with Gasteiger partial charge in [0.25, 0.3) is 0 Å². The Hall–Kier alpha value is -1.43. The number of amides is 1. The Morgan fingerprint density at radius 1 is 1.40 bits per heavy atom. The van der Waals surface area contributed by atoms with Gasteiger partial charge in [0.1, 0.15) is 12.2 Å². The van der Waals surface area contributed by atoms with E-state index in [-0.39, 0.29) is 11.9 Å². The highest BCUT2D eigenvalue weighted by molar-refractivity contribution is 5.78. The minimum atomic E-state index is 0.0161. The van der Waals surface area contributed by atoms with E-state index in [0.29, 0.717) is 12.6 Å². The third-order valence-electron chi connectivity index (χ3n) is 3.92. The summed E-state index contributed by atoms with van der Waals surface area (Å²) >= 11 is 0. The van der Waals surface area contributed by atoms with Crippen molar-refractivity contribution < 1.29 is 4.79 Å². The summed E-state index contributed by atoms with van der Waals surface area (Å²) in [6.07, 6.45) is 8.96. The quantitative estimate of drug-likeness (QED) is 0.797. The normalized spacial score (nSPS) is 18.5. The fourth-order valence-corrected chi connectivity index (χ4v) is 2.72. The molecule has 1 aromatic rings. The SMILES string of the molecule is CC(NCC(=O)NC1CCCCCC1)c1nncn1C. The van der Waals surface area contributed by atoms with Crippen LogP contribution in [0.2, 0.25) is 0 Å². The third-order valence-corrected chi connectivity index (χ3v) is 3.92. The number of hydrogen-bond acceptors (Lipinski definition) is 4. The number of nitrogens with zero attached hydrogens (tertiary/aromatic N) is 3. The molecule has 112 valence electrons. The van der Waals surface area contributed by atoms with Gasteiger partial charge in [0.15, 0.2) is 0 Å². The summed E-state index contributed by atoms with van der Waals surface area (Å²) in [6.45, 7) is 2.31. The molecule has 1 aromatic heterocycles. The molecule has 6 heteroatoms. The van der Waals surface area contributed by atoms with E-state index in [0.717, 1.165) is 18.7 Å². The van der Waals surface area contributed by atoms with Gasteiger partial charge in [0.2, 0.25) is 5.91 Å². The van der Waals surface area contributed by atoms with Crippen molar-refractivity contribution in [2.24, 2.45) is 7.05 Å². The highest BCUT2D eigenvalue weighted by Crippen LogP contribution is 2.17. The van der Waals surface area contributed by atoms with Crippen LogP contribution in [0.15, 0.2) is 6.33 Å². The number of rotatable bonds is 5. The molecule has 1 aliphatic carbocycles. The minimum Gasteiger partial charge on any atom is -0.352 e. The Bertz CT molecular complexity index is 423. The summed E-state index contributed by atoms with van der Waals surface area (Å²) in [7, 11) is 1.90. The van der Waals surface area contributed by atoms with Crippen LogP contribution in [0, 0.1) is 0 Å². The van der Waals surface area contributed by atoms with Crippen molar-refractivity contribution in [2.45, 2.75) is 57.5 Å². The average Bonchev–Trinajstić information content (AvgIpc) is 2.70. The van der Waals surface area contributed by atoms with Crippen LogP contribution in [-0.2, 0) is 11.8 Å². The number of aryl methyl sites for hydroxylation is 1. The standard InChI is InChI=1S/C14H25N5O/c1-11(14-18-16-10-19(14)2)15-9-13(20)17-12-7-5-3-4-6-8-12/h10-12,15H,3-9H2,1-2H3,(H,17,20). The van der Waals surface area contributed by atoms with Gasteiger partial charge in [0, 0.05) is 13.1 Å². The molecule has 0 radical (unpaired) electrons. The molecule has 1 fully saturated rings. The lowest BCUT2D eigenvalue weighted by atomic mass is 10.1. The molecule has 0 aliphatic heterocycles. The molecule has 6 nitrogen and oxygen atoms in total. The van der Waals surface area contributed by atoms with Crippen LogP contribution < -0.4 is 10.6 Å². The zero-order chi connectivity index (χ0) is 14.4. The van der Waals surface area contributed by atoms with Crippen LogP contribution in [0.4, 0.5) is 0 Å². The van der Waals surface area contributed by atoms with Gasteiger partial charge < -0.3 is 9.88 Å². The van der Waals surface area contributed by atoms with E-state index < -0.39 is 0 Å². The van der Waals surface area contributed by atoms with E-state index in [1.54, 1.807) is 6.33 Å². The zero-order valence-electron chi connectivity index (χ0n) is 12.4. The molecule has 2 rings (SSSR count). The molecular weight excluding hydrogens is 254 g/mol. The van der Waals surface area contributed by atoms with E-state index in [2.05, 4.69) is 20.8 Å². The second kappa shape index (κ2) is 7.38. The number of hydrogen-bond donors (Lipinski definition) is 2. The summed E-state index contributed by atoms with van der Waals surface area (Å²) in [5.41, 5.74) is 0. The maximum absolute atomic E-state index is 12.0. The molecule has 0 saturated heterocycles. The smallest absolute Gasteiger partial charge is 0.234 e. The molecule has 1 amide bonds. The van der Waals surface area contributed by atoms with Crippen molar-refractivity contribution in [1.82, 2.24) is 25.4 Å². The van der Waals surface area contributed by atoms with Crippen LogP contribution >= 0.6 is 0 Å². The molecule has 1 saturated carbocycles. The Morgan fingerprint density at radius 3 is 2.70 bits per heavy atom. The number of carbonyl (C=O) groups excluding carboxylic acids is 1. The molecule has 1 aliphatic rings. The average molecular weight is 279 g/mol. The molecule has 2 N–H and O–H groups in total. The molecule has 20 heavy (non-hydrogen) atoms. The van der Waals surface area contributed by atoms with E-state index in [9.17, 15) is 4.79 Å². The van der Waals surface area contributed by atoms with Gasteiger partial charge in [-0.15, -0.1) is 10.2 Å². The monoisotopic (exact) mass is 279 g/mol. The minimum absolute atomic E-state index is 0.0161. The first kappa shape index (κ1) is 15.0. The van der Waals surface area contributed by atoms with Gasteiger partial charge in [-0.3, -0.25) is 10.1 Å². The number of carbonyl (C=O) groups is 1. The number of nitrogens with one attached hydrogen (secondary N) is 2. The van der Waals surface area contributed by atoms with Crippen molar-refractivity contribution in [3.63, 3.8) is 0 Å². The van der Waals surface area contributed by atoms with Gasteiger partial charge in [-0.1, -0.05) is 25.7 Å². The van der Waals surface area contributed by atoms with Crippen LogP contribution in [-0.4, -0.2) is 33.3 Å². The predicted molar refractivity (Wildman–Crippen MR) is 77.1 cm³/mol. The zero-order valence-corrected chi connectivity index (χ0v) is 12.4. The highest BCUT2D eigenvalue weighted by Gasteiger charge is 2.16. The fourth-order valence-electron chi connectivity index (χ4n) is 2.72. The van der Waals surface area contributed by atoms with Crippen LogP contribution in [0.1, 0.15) is 57.3 Å². The summed E-state index contributed by atoms with van der Waals surface area (Å²) in [4.78, 5) is 12.0. The first-order chi connectivity index (χ1) is 9.66. The molecular formula is C14H25N5O. The Balaban J connectivity index is 1.73. The molecule has 1 unspecified atom stereocenters. The fraction of sp³-hybridized carbons (Fsp3) is 0.786. The summed E-state index contributed by atoms with van der Waals surface area (Å²) in [5.74, 6) is 0.915. The summed E-state index contributed by atoms with van der Waals surface area (Å²) < 4.78 is 1.86. The first-order valence-electron chi connectivity index (χ1n) is 7.53. The molecule has 1 heterocycles. The maximum atomic E-state index is 12.0. The van der Waals surface area contributed by atoms with E-state index in [1.165, 1.54) is 25.7 Å². The Kier molecular flexibility index (Phi) is 5.52. The van der Waals surface area contributed by atoms with Gasteiger partial charge in [0.05, 0.1) is 12.6 Å². The summed E-state index contributed by atoms with van der Waals surface area (Å²) in [6, 6.07) is 0.374. The van der Waals surface area contributed by atoms with Crippen LogP contribution in [0.5, 0.6) is 0 Å². The van der Waals surface area contributed by atoms with Crippen molar-refractivity contribution in [2.75, 3.05) is 6.54 Å². The predicted octanol–water partition coefficient (Wildman–Crippen LogP) is 1.30. The number of aromatic nitrogens is 3. The molecule has 0 bridgehead atoms. The van der Waals surface area contributed by atoms with Crippen LogP contribution in [0.25, 0.3) is 0 Å². The topological polar surface area (TPSA) is 71.8 Å². The highest BCUT2D eigenvalue weighted by atomic mass is 16.2. The lowest BCUT2D eigenvalue weighted by Crippen LogP contribution is -2.41. The lowest BCUT2D eigenvalue weighted by Gasteiger charge is -2.18. The largest absolute Gasteiger partial charge is 0.352 e. The van der Waals surface area contributed by atoms with Crippen molar-refractivity contribution >= 4 is 5.91 Å². The molecule has 0 aromatic carbocycles.